The topological polar surface area (TPSA) is 72.9 Å². The molecule has 3 N–H and O–H groups in total. The third-order valence-electron chi connectivity index (χ3n) is 4.56. The van der Waals surface area contributed by atoms with Crippen molar-refractivity contribution in [1.82, 2.24) is 15.1 Å². The number of nitrogens with two attached hydrogens (primary N) is 1. The summed E-state index contributed by atoms with van der Waals surface area (Å²) >= 11 is 0. The van der Waals surface area contributed by atoms with Gasteiger partial charge in [-0.25, -0.2) is 4.68 Å². The molecule has 1 amide bonds. The Bertz CT molecular complexity index is 782. The van der Waals surface area contributed by atoms with Crippen LogP contribution < -0.4 is 11.1 Å². The number of hydrogen-bond donors (Lipinski definition) is 2. The highest BCUT2D eigenvalue weighted by molar-refractivity contribution is 5.92. The van der Waals surface area contributed by atoms with Gasteiger partial charge in [0.15, 0.2) is 5.69 Å². The van der Waals surface area contributed by atoms with E-state index in [1.807, 2.05) is 6.92 Å². The van der Waals surface area contributed by atoms with Gasteiger partial charge in [-0.3, -0.25) is 4.79 Å². The maximum absolute atomic E-state index is 12.8. The fraction of sp³-hybridized carbons (Fsp3) is 0.412. The Kier molecular flexibility index (Phi) is 4.32. The minimum absolute atomic E-state index is 0.137. The number of alkyl halides is 3. The Morgan fingerprint density at radius 2 is 2.08 bits per heavy atom. The molecule has 1 heterocycles. The van der Waals surface area contributed by atoms with Crippen molar-refractivity contribution < 1.29 is 18.0 Å². The highest BCUT2D eigenvalue weighted by atomic mass is 19.4. The van der Waals surface area contributed by atoms with Crippen LogP contribution in [0, 0.1) is 5.92 Å². The Morgan fingerprint density at radius 3 is 2.68 bits per heavy atom. The van der Waals surface area contributed by atoms with Crippen LogP contribution in [0.25, 0.3) is 5.69 Å². The maximum Gasteiger partial charge on any atom is 0.416 e. The van der Waals surface area contributed by atoms with Gasteiger partial charge in [0.2, 0.25) is 0 Å². The summed E-state index contributed by atoms with van der Waals surface area (Å²) in [6, 6.07) is 6.25. The molecule has 1 aromatic carbocycles. The number of nitrogens with zero attached hydrogens (tertiary/aromatic N) is 2. The molecule has 0 saturated heterocycles. The smallest absolute Gasteiger partial charge is 0.344 e. The number of nitrogens with one attached hydrogen (secondary N) is 1. The molecular weight excluding hydrogens is 333 g/mol. The van der Waals surface area contributed by atoms with Crippen LogP contribution in [0.3, 0.4) is 0 Å². The minimum atomic E-state index is -4.43. The molecule has 0 aliphatic heterocycles. The number of carbonyl (C=O) groups excluding carboxylic acids is 1. The van der Waals surface area contributed by atoms with Crippen molar-refractivity contribution in [3.63, 3.8) is 0 Å². The van der Waals surface area contributed by atoms with Gasteiger partial charge >= 0.3 is 6.18 Å². The first-order chi connectivity index (χ1) is 11.7. The normalized spacial score (nSPS) is 17.2. The summed E-state index contributed by atoms with van der Waals surface area (Å²) in [6.45, 7) is 2.21. The zero-order valence-electron chi connectivity index (χ0n) is 13.7. The average Bonchev–Trinajstić information content (AvgIpc) is 3.31. The van der Waals surface area contributed by atoms with Gasteiger partial charge in [0.05, 0.1) is 16.8 Å². The van der Waals surface area contributed by atoms with Gasteiger partial charge in [-0.15, -0.1) is 0 Å². The number of benzene rings is 1. The van der Waals surface area contributed by atoms with E-state index in [1.165, 1.54) is 29.1 Å². The van der Waals surface area contributed by atoms with E-state index in [-0.39, 0.29) is 17.3 Å². The van der Waals surface area contributed by atoms with E-state index in [2.05, 4.69) is 10.4 Å². The zero-order valence-corrected chi connectivity index (χ0v) is 13.7. The second-order valence-electron chi connectivity index (χ2n) is 6.54. The van der Waals surface area contributed by atoms with Gasteiger partial charge in [-0.1, -0.05) is 6.07 Å². The standard InChI is InChI=1S/C17H19F3N4O/c1-16(10-21,11-5-6-11)22-15(25)14-7-8-24(23-14)13-4-2-3-12(9-13)17(18,19)20/h2-4,7-9,11H,5-6,10,21H2,1H3,(H,22,25). The van der Waals surface area contributed by atoms with Gasteiger partial charge in [0.25, 0.3) is 5.91 Å². The third kappa shape index (κ3) is 3.68. The summed E-state index contributed by atoms with van der Waals surface area (Å²) in [6.07, 6.45) is -0.933. The van der Waals surface area contributed by atoms with Crippen molar-refractivity contribution in [2.75, 3.05) is 6.54 Å². The SMILES string of the molecule is CC(CN)(NC(=O)c1ccn(-c2cccc(C(F)(F)F)c2)n1)C1CC1. The largest absolute Gasteiger partial charge is 0.416 e. The van der Waals surface area contributed by atoms with Crippen LogP contribution in [0.15, 0.2) is 36.5 Å². The van der Waals surface area contributed by atoms with Crippen LogP contribution in [-0.4, -0.2) is 27.8 Å². The van der Waals surface area contributed by atoms with Gasteiger partial charge in [0.1, 0.15) is 0 Å². The monoisotopic (exact) mass is 352 g/mol. The van der Waals surface area contributed by atoms with Crippen molar-refractivity contribution in [3.05, 3.63) is 47.8 Å². The lowest BCUT2D eigenvalue weighted by Crippen LogP contribution is -2.53. The highest BCUT2D eigenvalue weighted by Gasteiger charge is 2.41. The quantitative estimate of drug-likeness (QED) is 0.869. The van der Waals surface area contributed by atoms with E-state index in [1.54, 1.807) is 0 Å². The summed E-state index contributed by atoms with van der Waals surface area (Å²) < 4.78 is 39.7. The first-order valence-electron chi connectivity index (χ1n) is 7.99. The summed E-state index contributed by atoms with van der Waals surface area (Å²) in [5.74, 6) is -0.0300. The van der Waals surface area contributed by atoms with Crippen LogP contribution >= 0.6 is 0 Å². The highest BCUT2D eigenvalue weighted by Crippen LogP contribution is 2.39. The molecule has 1 unspecified atom stereocenters. The molecule has 25 heavy (non-hydrogen) atoms. The van der Waals surface area contributed by atoms with Crippen LogP contribution in [0.2, 0.25) is 0 Å². The lowest BCUT2D eigenvalue weighted by molar-refractivity contribution is -0.137. The third-order valence-corrected chi connectivity index (χ3v) is 4.56. The second kappa shape index (κ2) is 6.18. The summed E-state index contributed by atoms with van der Waals surface area (Å²) in [5.41, 5.74) is 4.90. The van der Waals surface area contributed by atoms with Crippen LogP contribution in [0.1, 0.15) is 35.8 Å². The molecule has 1 aliphatic carbocycles. The van der Waals surface area contributed by atoms with Crippen molar-refractivity contribution in [2.24, 2.45) is 11.7 Å². The fourth-order valence-electron chi connectivity index (χ4n) is 2.78. The molecule has 0 bridgehead atoms. The molecule has 5 nitrogen and oxygen atoms in total. The molecule has 1 atom stereocenters. The molecule has 1 aliphatic rings. The Balaban J connectivity index is 1.79. The number of hydrogen-bond acceptors (Lipinski definition) is 3. The van der Waals surface area contributed by atoms with Crippen molar-refractivity contribution in [1.29, 1.82) is 0 Å². The molecule has 2 aromatic rings. The summed E-state index contributed by atoms with van der Waals surface area (Å²) in [5, 5.41) is 7.00. The molecule has 134 valence electrons. The van der Waals surface area contributed by atoms with E-state index >= 15 is 0 Å². The molecule has 3 rings (SSSR count). The molecule has 1 fully saturated rings. The number of aromatic nitrogens is 2. The second-order valence-corrected chi connectivity index (χ2v) is 6.54. The Hall–Kier alpha value is -2.35. The van der Waals surface area contributed by atoms with Gasteiger partial charge in [-0.2, -0.15) is 18.3 Å². The average molecular weight is 352 g/mol. The number of halogens is 3. The molecule has 0 radical (unpaired) electrons. The first-order valence-corrected chi connectivity index (χ1v) is 7.99. The van der Waals surface area contributed by atoms with Crippen molar-refractivity contribution in [2.45, 2.75) is 31.5 Å². The van der Waals surface area contributed by atoms with Crippen LogP contribution in [0.4, 0.5) is 13.2 Å². The van der Waals surface area contributed by atoms with E-state index < -0.39 is 17.3 Å². The lowest BCUT2D eigenvalue weighted by atomic mass is 9.96. The van der Waals surface area contributed by atoms with E-state index in [0.717, 1.165) is 25.0 Å². The Morgan fingerprint density at radius 1 is 1.36 bits per heavy atom. The number of carbonyl (C=O) groups is 1. The number of rotatable bonds is 5. The Labute approximate surface area is 143 Å². The number of amides is 1. The predicted molar refractivity (Wildman–Crippen MR) is 86.2 cm³/mol. The van der Waals surface area contributed by atoms with Crippen molar-refractivity contribution in [3.8, 4) is 5.69 Å². The lowest BCUT2D eigenvalue weighted by Gasteiger charge is -2.29. The molecule has 1 saturated carbocycles. The van der Waals surface area contributed by atoms with E-state index in [4.69, 9.17) is 5.73 Å². The van der Waals surface area contributed by atoms with Gasteiger partial charge < -0.3 is 11.1 Å². The predicted octanol–water partition coefficient (Wildman–Crippen LogP) is 2.75. The van der Waals surface area contributed by atoms with E-state index in [9.17, 15) is 18.0 Å². The molecule has 0 spiro atoms. The first kappa shape index (κ1) is 17.5. The fourth-order valence-corrected chi connectivity index (χ4v) is 2.78. The van der Waals surface area contributed by atoms with Crippen molar-refractivity contribution >= 4 is 5.91 Å². The van der Waals surface area contributed by atoms with Crippen LogP contribution in [0.5, 0.6) is 0 Å². The van der Waals surface area contributed by atoms with Gasteiger partial charge in [0, 0.05) is 12.7 Å². The summed E-state index contributed by atoms with van der Waals surface area (Å²) in [4.78, 5) is 12.4. The van der Waals surface area contributed by atoms with E-state index in [0.29, 0.717) is 12.5 Å². The maximum atomic E-state index is 12.8. The summed E-state index contributed by atoms with van der Waals surface area (Å²) in [7, 11) is 0. The molecule has 1 aromatic heterocycles. The minimum Gasteiger partial charge on any atom is -0.344 e. The molecule has 8 heteroatoms. The van der Waals surface area contributed by atoms with Crippen LogP contribution in [-0.2, 0) is 6.18 Å². The zero-order chi connectivity index (χ0) is 18.2. The van der Waals surface area contributed by atoms with Gasteiger partial charge in [-0.05, 0) is 49.9 Å². The molecular formula is C17H19F3N4O.